The van der Waals surface area contributed by atoms with Crippen molar-refractivity contribution < 1.29 is 14.3 Å². The second-order valence-electron chi connectivity index (χ2n) is 3.32. The van der Waals surface area contributed by atoms with Crippen molar-refractivity contribution >= 4 is 5.78 Å². The van der Waals surface area contributed by atoms with Gasteiger partial charge in [0, 0.05) is 19.1 Å². The highest BCUT2D eigenvalue weighted by Crippen LogP contribution is 2.27. The van der Waals surface area contributed by atoms with Gasteiger partial charge in [-0.3, -0.25) is 4.79 Å². The van der Waals surface area contributed by atoms with E-state index in [9.17, 15) is 4.79 Å². The predicted molar refractivity (Wildman–Crippen MR) is 51.8 cm³/mol. The lowest BCUT2D eigenvalue weighted by Gasteiger charge is -2.02. The summed E-state index contributed by atoms with van der Waals surface area (Å²) in [5.41, 5.74) is 1.78. The maximum Gasteiger partial charge on any atom is 0.192 e. The molecule has 0 heterocycles. The first-order valence-corrected chi connectivity index (χ1v) is 4.50. The highest BCUT2D eigenvalue weighted by atomic mass is 16.5. The lowest BCUT2D eigenvalue weighted by molar-refractivity contribution is 0.0646. The highest BCUT2D eigenvalue weighted by Gasteiger charge is 2.30. The van der Waals surface area contributed by atoms with E-state index in [-0.39, 0.29) is 11.9 Å². The van der Waals surface area contributed by atoms with Gasteiger partial charge in [0.1, 0.15) is 11.9 Å². The molecule has 74 valence electrons. The van der Waals surface area contributed by atoms with Gasteiger partial charge in [-0.15, -0.1) is 0 Å². The molecule has 0 bridgehead atoms. The number of carbonyl (C=O) groups excluding carboxylic acids is 1. The quantitative estimate of drug-likeness (QED) is 0.711. The van der Waals surface area contributed by atoms with Crippen molar-refractivity contribution in [2.75, 3.05) is 14.2 Å². The lowest BCUT2D eigenvalue weighted by Crippen LogP contribution is -2.17. The van der Waals surface area contributed by atoms with E-state index in [1.54, 1.807) is 20.3 Å². The van der Waals surface area contributed by atoms with Crippen LogP contribution in [-0.4, -0.2) is 26.1 Å². The molecule has 0 N–H and O–H groups in total. The average Bonchev–Trinajstić information content (AvgIpc) is 2.55. The van der Waals surface area contributed by atoms with Crippen LogP contribution in [0.15, 0.2) is 18.2 Å². The Morgan fingerprint density at radius 3 is 2.79 bits per heavy atom. The summed E-state index contributed by atoms with van der Waals surface area (Å²) in [5.74, 6) is 0.773. The molecule has 0 saturated carbocycles. The van der Waals surface area contributed by atoms with Crippen LogP contribution >= 0.6 is 0 Å². The van der Waals surface area contributed by atoms with Crippen LogP contribution in [-0.2, 0) is 11.2 Å². The fraction of sp³-hybridized carbons (Fsp3) is 0.364. The zero-order valence-corrected chi connectivity index (χ0v) is 8.24. The minimum Gasteiger partial charge on any atom is -0.497 e. The van der Waals surface area contributed by atoms with E-state index in [0.29, 0.717) is 12.2 Å². The van der Waals surface area contributed by atoms with E-state index in [4.69, 9.17) is 9.47 Å². The molecular formula is C11H12O3. The molecule has 1 unspecified atom stereocenters. The van der Waals surface area contributed by atoms with Crippen molar-refractivity contribution in [2.45, 2.75) is 12.5 Å². The number of methoxy groups -OCH3 is 2. The molecule has 0 radical (unpaired) electrons. The van der Waals surface area contributed by atoms with E-state index in [2.05, 4.69) is 0 Å². The molecule has 1 atom stereocenters. The van der Waals surface area contributed by atoms with Gasteiger partial charge in [0.25, 0.3) is 0 Å². The van der Waals surface area contributed by atoms with Crippen molar-refractivity contribution in [2.24, 2.45) is 0 Å². The summed E-state index contributed by atoms with van der Waals surface area (Å²) in [5, 5.41) is 0. The molecule has 1 aromatic rings. The van der Waals surface area contributed by atoms with Gasteiger partial charge in [-0.2, -0.15) is 0 Å². The zero-order chi connectivity index (χ0) is 10.1. The number of rotatable bonds is 2. The SMILES string of the molecule is COc1ccc2c(c1)C(=O)C(OC)C2. The van der Waals surface area contributed by atoms with Crippen molar-refractivity contribution in [1.82, 2.24) is 0 Å². The van der Waals surface area contributed by atoms with Crippen molar-refractivity contribution in [3.05, 3.63) is 29.3 Å². The molecule has 0 aliphatic heterocycles. The van der Waals surface area contributed by atoms with Crippen LogP contribution < -0.4 is 4.74 Å². The molecule has 0 aromatic heterocycles. The van der Waals surface area contributed by atoms with Crippen LogP contribution in [0.3, 0.4) is 0 Å². The van der Waals surface area contributed by atoms with Gasteiger partial charge in [0.15, 0.2) is 5.78 Å². The number of fused-ring (bicyclic) bond motifs is 1. The first kappa shape index (κ1) is 9.21. The van der Waals surface area contributed by atoms with Crippen LogP contribution in [0.5, 0.6) is 5.75 Å². The van der Waals surface area contributed by atoms with Gasteiger partial charge < -0.3 is 9.47 Å². The van der Waals surface area contributed by atoms with Gasteiger partial charge in [0.05, 0.1) is 7.11 Å². The Labute approximate surface area is 82.6 Å². The number of carbonyl (C=O) groups is 1. The first-order valence-electron chi connectivity index (χ1n) is 4.50. The van der Waals surface area contributed by atoms with E-state index >= 15 is 0 Å². The fourth-order valence-corrected chi connectivity index (χ4v) is 1.75. The predicted octanol–water partition coefficient (Wildman–Crippen LogP) is 1.45. The molecule has 14 heavy (non-hydrogen) atoms. The third kappa shape index (κ3) is 1.30. The summed E-state index contributed by atoms with van der Waals surface area (Å²) in [4.78, 5) is 11.7. The van der Waals surface area contributed by atoms with Crippen LogP contribution in [0, 0.1) is 0 Å². The van der Waals surface area contributed by atoms with Crippen molar-refractivity contribution in [3.63, 3.8) is 0 Å². The van der Waals surface area contributed by atoms with Gasteiger partial charge in [-0.05, 0) is 17.7 Å². The van der Waals surface area contributed by atoms with Crippen molar-refractivity contribution in [1.29, 1.82) is 0 Å². The third-order valence-electron chi connectivity index (χ3n) is 2.56. The van der Waals surface area contributed by atoms with Gasteiger partial charge in [-0.1, -0.05) is 6.07 Å². The number of ketones is 1. The number of benzene rings is 1. The molecule has 1 aliphatic rings. The summed E-state index contributed by atoms with van der Waals surface area (Å²) < 4.78 is 10.2. The topological polar surface area (TPSA) is 35.5 Å². The van der Waals surface area contributed by atoms with E-state index < -0.39 is 0 Å². The van der Waals surface area contributed by atoms with Crippen LogP contribution in [0.2, 0.25) is 0 Å². The fourth-order valence-electron chi connectivity index (χ4n) is 1.75. The molecule has 0 saturated heterocycles. The molecule has 0 amide bonds. The Hall–Kier alpha value is -1.35. The van der Waals surface area contributed by atoms with E-state index in [1.165, 1.54) is 0 Å². The van der Waals surface area contributed by atoms with Crippen LogP contribution in [0.25, 0.3) is 0 Å². The zero-order valence-electron chi connectivity index (χ0n) is 8.24. The summed E-state index contributed by atoms with van der Waals surface area (Å²) >= 11 is 0. The van der Waals surface area contributed by atoms with Crippen molar-refractivity contribution in [3.8, 4) is 5.75 Å². The molecule has 3 nitrogen and oxygen atoms in total. The monoisotopic (exact) mass is 192 g/mol. The molecule has 1 aromatic carbocycles. The molecule has 0 spiro atoms. The maximum absolute atomic E-state index is 11.7. The Kier molecular flexibility index (Phi) is 2.25. The summed E-state index contributed by atoms with van der Waals surface area (Å²) in [7, 11) is 3.15. The maximum atomic E-state index is 11.7. The number of Topliss-reactive ketones (excluding diaryl/α,β-unsaturated/α-hetero) is 1. The average molecular weight is 192 g/mol. The normalized spacial score (nSPS) is 19.6. The van der Waals surface area contributed by atoms with E-state index in [1.807, 2.05) is 12.1 Å². The van der Waals surface area contributed by atoms with Gasteiger partial charge in [0.2, 0.25) is 0 Å². The smallest absolute Gasteiger partial charge is 0.192 e. The summed E-state index contributed by atoms with van der Waals surface area (Å²) in [6.45, 7) is 0. The third-order valence-corrected chi connectivity index (χ3v) is 2.56. The Morgan fingerprint density at radius 2 is 2.14 bits per heavy atom. The highest BCUT2D eigenvalue weighted by molar-refractivity contribution is 6.04. The number of hydrogen-bond donors (Lipinski definition) is 0. The van der Waals surface area contributed by atoms with Crippen LogP contribution in [0.1, 0.15) is 15.9 Å². The Bertz CT molecular complexity index is 371. The lowest BCUT2D eigenvalue weighted by atomic mass is 10.1. The molecule has 1 aliphatic carbocycles. The second kappa shape index (κ2) is 3.42. The first-order chi connectivity index (χ1) is 6.76. The van der Waals surface area contributed by atoms with Gasteiger partial charge >= 0.3 is 0 Å². The summed E-state index contributed by atoms with van der Waals surface area (Å²) in [6, 6.07) is 5.56. The molecular weight excluding hydrogens is 180 g/mol. The minimum absolute atomic E-state index is 0.0569. The molecule has 3 heteroatoms. The molecule has 2 rings (SSSR count). The second-order valence-corrected chi connectivity index (χ2v) is 3.32. The number of hydrogen-bond acceptors (Lipinski definition) is 3. The largest absolute Gasteiger partial charge is 0.497 e. The Balaban J connectivity index is 2.40. The molecule has 0 fully saturated rings. The van der Waals surface area contributed by atoms with Gasteiger partial charge in [-0.25, -0.2) is 0 Å². The van der Waals surface area contributed by atoms with Crippen LogP contribution in [0.4, 0.5) is 0 Å². The van der Waals surface area contributed by atoms with E-state index in [0.717, 1.165) is 11.1 Å². The standard InChI is InChI=1S/C11H12O3/c1-13-8-4-3-7-5-10(14-2)11(12)9(7)6-8/h3-4,6,10H,5H2,1-2H3. The minimum atomic E-state index is -0.308. The summed E-state index contributed by atoms with van der Waals surface area (Å²) in [6.07, 6.45) is 0.367. The Morgan fingerprint density at radius 1 is 1.36 bits per heavy atom. The number of ether oxygens (including phenoxy) is 2.